The second-order valence-electron chi connectivity index (χ2n) is 4.63. The van der Waals surface area contributed by atoms with Crippen molar-refractivity contribution in [3.05, 3.63) is 34.3 Å². The third kappa shape index (κ3) is 3.34. The third-order valence-corrected chi connectivity index (χ3v) is 4.28. The first kappa shape index (κ1) is 11.2. The molecule has 0 N–H and O–H groups in total. The first-order chi connectivity index (χ1) is 7.36. The molecule has 0 bridgehead atoms. The molecule has 1 aromatic rings. The van der Waals surface area contributed by atoms with Crippen LogP contribution in [0.25, 0.3) is 0 Å². The predicted molar refractivity (Wildman–Crippen MR) is 69.0 cm³/mol. The first-order valence-corrected chi connectivity index (χ1v) is 6.89. The van der Waals surface area contributed by atoms with Crippen molar-refractivity contribution in [1.29, 1.82) is 0 Å². The first-order valence-electron chi connectivity index (χ1n) is 6.09. The molecule has 0 amide bonds. The molecule has 1 fully saturated rings. The van der Waals surface area contributed by atoms with Crippen molar-refractivity contribution in [2.24, 2.45) is 5.92 Å². The molecular formula is C14H19Br. The van der Waals surface area contributed by atoms with Crippen molar-refractivity contribution in [2.75, 3.05) is 0 Å². The zero-order chi connectivity index (χ0) is 10.5. The Labute approximate surface area is 101 Å². The molecule has 1 aliphatic rings. The summed E-state index contributed by atoms with van der Waals surface area (Å²) < 4.78 is 1.28. The van der Waals surface area contributed by atoms with Crippen LogP contribution < -0.4 is 0 Å². The van der Waals surface area contributed by atoms with Gasteiger partial charge in [0.15, 0.2) is 0 Å². The predicted octanol–water partition coefficient (Wildman–Crippen LogP) is 4.96. The molecule has 0 atom stereocenters. The monoisotopic (exact) mass is 266 g/mol. The highest BCUT2D eigenvalue weighted by molar-refractivity contribution is 9.10. The van der Waals surface area contributed by atoms with Gasteiger partial charge >= 0.3 is 0 Å². The molecule has 0 nitrogen and oxygen atoms in total. The minimum Gasteiger partial charge on any atom is -0.0619 e. The van der Waals surface area contributed by atoms with Crippen molar-refractivity contribution in [3.63, 3.8) is 0 Å². The SMILES string of the molecule is Brc1ccccc1CCC1CCCCC1. The van der Waals surface area contributed by atoms with Crippen molar-refractivity contribution in [2.45, 2.75) is 44.9 Å². The Morgan fingerprint density at radius 2 is 1.80 bits per heavy atom. The van der Waals surface area contributed by atoms with Gasteiger partial charge in [-0.1, -0.05) is 66.2 Å². The quantitative estimate of drug-likeness (QED) is 0.726. The van der Waals surface area contributed by atoms with Crippen LogP contribution in [-0.2, 0) is 6.42 Å². The van der Waals surface area contributed by atoms with Crippen LogP contribution >= 0.6 is 15.9 Å². The van der Waals surface area contributed by atoms with Crippen LogP contribution in [0.2, 0.25) is 0 Å². The van der Waals surface area contributed by atoms with E-state index in [1.807, 2.05) is 0 Å². The van der Waals surface area contributed by atoms with Crippen molar-refractivity contribution >= 4 is 15.9 Å². The number of benzene rings is 1. The Hall–Kier alpha value is -0.300. The van der Waals surface area contributed by atoms with Crippen molar-refractivity contribution in [1.82, 2.24) is 0 Å². The second-order valence-corrected chi connectivity index (χ2v) is 5.49. The van der Waals surface area contributed by atoms with Crippen LogP contribution in [0.5, 0.6) is 0 Å². The standard InChI is InChI=1S/C14H19Br/c15-14-9-5-4-8-13(14)11-10-12-6-2-1-3-7-12/h4-5,8-9,12H,1-3,6-7,10-11H2. The molecule has 1 aliphatic carbocycles. The van der Waals surface area contributed by atoms with Gasteiger partial charge in [-0.2, -0.15) is 0 Å². The van der Waals surface area contributed by atoms with E-state index in [4.69, 9.17) is 0 Å². The minimum atomic E-state index is 0.992. The van der Waals surface area contributed by atoms with Gasteiger partial charge in [0.2, 0.25) is 0 Å². The van der Waals surface area contributed by atoms with Gasteiger partial charge in [-0.15, -0.1) is 0 Å². The van der Waals surface area contributed by atoms with Gasteiger partial charge in [0.25, 0.3) is 0 Å². The van der Waals surface area contributed by atoms with E-state index in [1.165, 1.54) is 55.0 Å². The molecule has 0 saturated heterocycles. The molecule has 1 heteroatoms. The third-order valence-electron chi connectivity index (χ3n) is 3.50. The highest BCUT2D eigenvalue weighted by Gasteiger charge is 2.13. The van der Waals surface area contributed by atoms with Crippen LogP contribution in [0.4, 0.5) is 0 Å². The summed E-state index contributed by atoms with van der Waals surface area (Å²) in [5, 5.41) is 0. The van der Waals surface area contributed by atoms with Gasteiger partial charge in [-0.05, 0) is 30.4 Å². The van der Waals surface area contributed by atoms with Gasteiger partial charge in [-0.25, -0.2) is 0 Å². The number of hydrogen-bond acceptors (Lipinski definition) is 0. The summed E-state index contributed by atoms with van der Waals surface area (Å²) in [5.41, 5.74) is 1.48. The Balaban J connectivity index is 1.84. The zero-order valence-electron chi connectivity index (χ0n) is 9.21. The molecule has 2 rings (SSSR count). The van der Waals surface area contributed by atoms with Gasteiger partial charge in [0.1, 0.15) is 0 Å². The highest BCUT2D eigenvalue weighted by atomic mass is 79.9. The molecule has 1 aromatic carbocycles. The second kappa shape index (κ2) is 5.69. The lowest BCUT2D eigenvalue weighted by Gasteiger charge is -2.21. The van der Waals surface area contributed by atoms with Crippen LogP contribution in [0.3, 0.4) is 0 Å². The molecule has 0 aromatic heterocycles. The summed E-state index contributed by atoms with van der Waals surface area (Å²) in [6.07, 6.45) is 9.93. The molecular weight excluding hydrogens is 248 g/mol. The summed E-state index contributed by atoms with van der Waals surface area (Å²) >= 11 is 3.62. The van der Waals surface area contributed by atoms with Gasteiger partial charge < -0.3 is 0 Å². The van der Waals surface area contributed by atoms with Crippen molar-refractivity contribution in [3.8, 4) is 0 Å². The van der Waals surface area contributed by atoms with Crippen LogP contribution in [0, 0.1) is 5.92 Å². The van der Waals surface area contributed by atoms with E-state index in [-0.39, 0.29) is 0 Å². The largest absolute Gasteiger partial charge is 0.0619 e. The average Bonchev–Trinajstić information content (AvgIpc) is 2.29. The molecule has 0 unspecified atom stereocenters. The van der Waals surface area contributed by atoms with Gasteiger partial charge in [-0.3, -0.25) is 0 Å². The fourth-order valence-corrected chi connectivity index (χ4v) is 3.02. The minimum absolute atomic E-state index is 0.992. The van der Waals surface area contributed by atoms with Crippen molar-refractivity contribution < 1.29 is 0 Å². The van der Waals surface area contributed by atoms with E-state index in [2.05, 4.69) is 40.2 Å². The fraction of sp³-hybridized carbons (Fsp3) is 0.571. The highest BCUT2D eigenvalue weighted by Crippen LogP contribution is 2.28. The molecule has 0 radical (unpaired) electrons. The van der Waals surface area contributed by atoms with E-state index < -0.39 is 0 Å². The normalized spacial score (nSPS) is 17.9. The smallest absolute Gasteiger partial charge is 0.0207 e. The summed E-state index contributed by atoms with van der Waals surface area (Å²) in [7, 11) is 0. The van der Waals surface area contributed by atoms with Crippen LogP contribution in [-0.4, -0.2) is 0 Å². The Morgan fingerprint density at radius 1 is 1.07 bits per heavy atom. The maximum absolute atomic E-state index is 3.62. The number of hydrogen-bond donors (Lipinski definition) is 0. The lowest BCUT2D eigenvalue weighted by molar-refractivity contribution is 0.339. The summed E-state index contributed by atoms with van der Waals surface area (Å²) in [6.45, 7) is 0. The van der Waals surface area contributed by atoms with Gasteiger partial charge in [0, 0.05) is 4.47 Å². The molecule has 1 saturated carbocycles. The summed E-state index contributed by atoms with van der Waals surface area (Å²) in [5.74, 6) is 0.992. The van der Waals surface area contributed by atoms with E-state index in [0.29, 0.717) is 0 Å². The zero-order valence-corrected chi connectivity index (χ0v) is 10.8. The van der Waals surface area contributed by atoms with E-state index in [9.17, 15) is 0 Å². The topological polar surface area (TPSA) is 0 Å². The molecule has 0 aliphatic heterocycles. The van der Waals surface area contributed by atoms with Crippen LogP contribution in [0.15, 0.2) is 28.7 Å². The molecule has 82 valence electrons. The maximum Gasteiger partial charge on any atom is 0.0207 e. The van der Waals surface area contributed by atoms with E-state index >= 15 is 0 Å². The lowest BCUT2D eigenvalue weighted by Crippen LogP contribution is -2.07. The summed E-state index contributed by atoms with van der Waals surface area (Å²) in [4.78, 5) is 0. The van der Waals surface area contributed by atoms with Crippen LogP contribution in [0.1, 0.15) is 44.1 Å². The maximum atomic E-state index is 3.62. The fourth-order valence-electron chi connectivity index (χ4n) is 2.54. The van der Waals surface area contributed by atoms with Gasteiger partial charge in [0.05, 0.1) is 0 Å². The average molecular weight is 267 g/mol. The molecule has 0 heterocycles. The summed E-state index contributed by atoms with van der Waals surface area (Å²) in [6, 6.07) is 8.62. The number of rotatable bonds is 3. The molecule has 0 spiro atoms. The number of aryl methyl sites for hydroxylation is 1. The Bertz CT molecular complexity index is 300. The lowest BCUT2D eigenvalue weighted by atomic mass is 9.85. The number of halogens is 1. The van der Waals surface area contributed by atoms with E-state index in [0.717, 1.165) is 5.92 Å². The van der Waals surface area contributed by atoms with E-state index in [1.54, 1.807) is 0 Å². The Kier molecular flexibility index (Phi) is 4.25. The Morgan fingerprint density at radius 3 is 2.53 bits per heavy atom. The molecule has 15 heavy (non-hydrogen) atoms.